The summed E-state index contributed by atoms with van der Waals surface area (Å²) in [5.74, 6) is 0.0902. The minimum absolute atomic E-state index is 0.0884. The predicted octanol–water partition coefficient (Wildman–Crippen LogP) is 3.51. The van der Waals surface area contributed by atoms with Crippen LogP contribution in [0, 0.1) is 5.41 Å². The fraction of sp³-hybridized carbons (Fsp3) is 0.583. The number of carbonyl (C=O) groups excluding carboxylic acids is 1. The number of carbonyl (C=O) groups is 1. The molecule has 0 saturated heterocycles. The van der Waals surface area contributed by atoms with Gasteiger partial charge in [0, 0.05) is 0 Å². The van der Waals surface area contributed by atoms with Crippen molar-refractivity contribution in [2.75, 3.05) is 0 Å². The van der Waals surface area contributed by atoms with Crippen molar-refractivity contribution in [3.63, 3.8) is 0 Å². The van der Waals surface area contributed by atoms with Gasteiger partial charge in [-0.2, -0.15) is 0 Å². The molecule has 0 saturated carbocycles. The normalized spacial score (nSPS) is 12.6. The average Bonchev–Trinajstić information content (AvgIpc) is 1.82. The Bertz CT molecular complexity index is 245. The Kier molecular flexibility index (Phi) is 4.12. The van der Waals surface area contributed by atoms with Crippen LogP contribution in [0.1, 0.15) is 41.5 Å². The predicted molar refractivity (Wildman–Crippen MR) is 57.7 cm³/mol. The second kappa shape index (κ2) is 4.40. The molecule has 1 nitrogen and oxygen atoms in total. The van der Waals surface area contributed by atoms with Crippen LogP contribution in [0.4, 0.5) is 0 Å². The van der Waals surface area contributed by atoms with Crippen molar-refractivity contribution in [3.8, 4) is 0 Å². The van der Waals surface area contributed by atoms with Crippen molar-refractivity contribution in [3.05, 3.63) is 23.3 Å². The molecule has 0 aromatic rings. The highest BCUT2D eigenvalue weighted by Crippen LogP contribution is 2.24. The number of ketones is 1. The molecular formula is C12H20O. The molecule has 0 aliphatic rings. The van der Waals surface area contributed by atoms with Crippen molar-refractivity contribution < 1.29 is 4.79 Å². The highest BCUT2D eigenvalue weighted by Gasteiger charge is 2.12. The second-order valence-electron chi connectivity index (χ2n) is 4.70. The van der Waals surface area contributed by atoms with Crippen LogP contribution in [0.2, 0.25) is 0 Å². The van der Waals surface area contributed by atoms with Gasteiger partial charge in [0.1, 0.15) is 0 Å². The summed E-state index contributed by atoms with van der Waals surface area (Å²) in [6.45, 7) is 12.2. The summed E-state index contributed by atoms with van der Waals surface area (Å²) in [7, 11) is 0. The molecule has 0 radical (unpaired) electrons. The van der Waals surface area contributed by atoms with E-state index in [1.807, 2.05) is 20.8 Å². The molecule has 0 spiro atoms. The highest BCUT2D eigenvalue weighted by molar-refractivity contribution is 6.00. The van der Waals surface area contributed by atoms with E-state index in [0.29, 0.717) is 0 Å². The third-order valence-corrected chi connectivity index (χ3v) is 1.97. The standard InChI is InChI=1S/C12H20O/c1-9(2)7-11(13)8-10(3)12(4,5)6/h7-8H,1-6H3/b10-8+. The van der Waals surface area contributed by atoms with E-state index in [2.05, 4.69) is 20.8 Å². The largest absolute Gasteiger partial charge is 0.290 e. The van der Waals surface area contributed by atoms with Crippen LogP contribution in [0.25, 0.3) is 0 Å². The molecule has 0 amide bonds. The Morgan fingerprint density at radius 3 is 1.77 bits per heavy atom. The van der Waals surface area contributed by atoms with Gasteiger partial charge in [0.05, 0.1) is 0 Å². The lowest BCUT2D eigenvalue weighted by Crippen LogP contribution is -2.08. The Labute approximate surface area is 81.5 Å². The molecule has 0 N–H and O–H groups in total. The van der Waals surface area contributed by atoms with Gasteiger partial charge in [0.25, 0.3) is 0 Å². The van der Waals surface area contributed by atoms with Gasteiger partial charge in [-0.3, -0.25) is 4.79 Å². The number of allylic oxidation sites excluding steroid dienone is 4. The zero-order valence-electron chi connectivity index (χ0n) is 9.56. The molecule has 0 aromatic heterocycles. The number of hydrogen-bond donors (Lipinski definition) is 0. The van der Waals surface area contributed by atoms with Crippen LogP contribution in [0.5, 0.6) is 0 Å². The molecule has 0 fully saturated rings. The van der Waals surface area contributed by atoms with Crippen LogP contribution < -0.4 is 0 Å². The topological polar surface area (TPSA) is 17.1 Å². The minimum atomic E-state index is 0.0884. The van der Waals surface area contributed by atoms with Crippen molar-refractivity contribution in [2.45, 2.75) is 41.5 Å². The van der Waals surface area contributed by atoms with E-state index in [4.69, 9.17) is 0 Å². The lowest BCUT2D eigenvalue weighted by atomic mass is 9.87. The number of rotatable bonds is 2. The van der Waals surface area contributed by atoms with Crippen LogP contribution in [-0.2, 0) is 4.79 Å². The van der Waals surface area contributed by atoms with E-state index in [1.54, 1.807) is 12.2 Å². The van der Waals surface area contributed by atoms with Gasteiger partial charge in [-0.1, -0.05) is 31.9 Å². The van der Waals surface area contributed by atoms with E-state index >= 15 is 0 Å². The maximum atomic E-state index is 11.4. The van der Waals surface area contributed by atoms with E-state index in [1.165, 1.54) is 0 Å². The molecule has 1 heteroatoms. The quantitative estimate of drug-likeness (QED) is 0.594. The monoisotopic (exact) mass is 180 g/mol. The second-order valence-corrected chi connectivity index (χ2v) is 4.70. The lowest BCUT2D eigenvalue weighted by Gasteiger charge is -2.18. The summed E-state index contributed by atoms with van der Waals surface area (Å²) in [6, 6.07) is 0. The van der Waals surface area contributed by atoms with Crippen LogP contribution in [-0.4, -0.2) is 5.78 Å². The van der Waals surface area contributed by atoms with Crippen molar-refractivity contribution in [2.24, 2.45) is 5.41 Å². The first-order valence-electron chi connectivity index (χ1n) is 4.61. The Morgan fingerprint density at radius 1 is 1.00 bits per heavy atom. The van der Waals surface area contributed by atoms with E-state index in [9.17, 15) is 4.79 Å². The molecule has 13 heavy (non-hydrogen) atoms. The van der Waals surface area contributed by atoms with Crippen molar-refractivity contribution >= 4 is 5.78 Å². The Morgan fingerprint density at radius 2 is 1.46 bits per heavy atom. The summed E-state index contributed by atoms with van der Waals surface area (Å²) in [5, 5.41) is 0. The van der Waals surface area contributed by atoms with Gasteiger partial charge in [-0.25, -0.2) is 0 Å². The van der Waals surface area contributed by atoms with Crippen LogP contribution >= 0.6 is 0 Å². The van der Waals surface area contributed by atoms with Gasteiger partial charge >= 0.3 is 0 Å². The van der Waals surface area contributed by atoms with E-state index < -0.39 is 0 Å². The van der Waals surface area contributed by atoms with Crippen molar-refractivity contribution in [1.82, 2.24) is 0 Å². The molecule has 0 unspecified atom stereocenters. The fourth-order valence-electron chi connectivity index (χ4n) is 0.756. The van der Waals surface area contributed by atoms with Crippen molar-refractivity contribution in [1.29, 1.82) is 0 Å². The summed E-state index contributed by atoms with van der Waals surface area (Å²) in [6.07, 6.45) is 3.38. The van der Waals surface area contributed by atoms with E-state index in [-0.39, 0.29) is 11.2 Å². The molecule has 0 heterocycles. The Hall–Kier alpha value is -0.850. The van der Waals surface area contributed by atoms with Crippen LogP contribution in [0.3, 0.4) is 0 Å². The minimum Gasteiger partial charge on any atom is -0.290 e. The average molecular weight is 180 g/mol. The smallest absolute Gasteiger partial charge is 0.178 e. The molecule has 0 bridgehead atoms. The maximum absolute atomic E-state index is 11.4. The first-order chi connectivity index (χ1) is 5.73. The molecule has 0 aromatic carbocycles. The van der Waals surface area contributed by atoms with E-state index in [0.717, 1.165) is 11.1 Å². The zero-order chi connectivity index (χ0) is 10.6. The van der Waals surface area contributed by atoms with Gasteiger partial charge in [0.2, 0.25) is 0 Å². The highest BCUT2D eigenvalue weighted by atomic mass is 16.1. The molecule has 0 aliphatic heterocycles. The summed E-state index contributed by atoms with van der Waals surface area (Å²) >= 11 is 0. The molecule has 74 valence electrons. The zero-order valence-corrected chi connectivity index (χ0v) is 9.56. The molecule has 0 rings (SSSR count). The SMILES string of the molecule is CC(C)=CC(=O)/C=C(\C)C(C)(C)C. The Balaban J connectivity index is 4.60. The summed E-state index contributed by atoms with van der Waals surface area (Å²) in [5.41, 5.74) is 2.25. The van der Waals surface area contributed by atoms with Gasteiger partial charge in [-0.15, -0.1) is 0 Å². The lowest BCUT2D eigenvalue weighted by molar-refractivity contribution is -0.110. The third-order valence-electron chi connectivity index (χ3n) is 1.97. The number of hydrogen-bond acceptors (Lipinski definition) is 1. The maximum Gasteiger partial charge on any atom is 0.178 e. The fourth-order valence-corrected chi connectivity index (χ4v) is 0.756. The summed E-state index contributed by atoms with van der Waals surface area (Å²) in [4.78, 5) is 11.4. The third kappa shape index (κ3) is 5.40. The summed E-state index contributed by atoms with van der Waals surface area (Å²) < 4.78 is 0. The van der Waals surface area contributed by atoms with Gasteiger partial charge in [-0.05, 0) is 38.3 Å². The van der Waals surface area contributed by atoms with Crippen LogP contribution in [0.15, 0.2) is 23.3 Å². The molecular weight excluding hydrogens is 160 g/mol. The first-order valence-corrected chi connectivity index (χ1v) is 4.61. The molecule has 0 aliphatic carbocycles. The van der Waals surface area contributed by atoms with Gasteiger partial charge < -0.3 is 0 Å². The molecule has 0 atom stereocenters. The first kappa shape index (κ1) is 12.2. The van der Waals surface area contributed by atoms with Gasteiger partial charge in [0.15, 0.2) is 5.78 Å².